The van der Waals surface area contributed by atoms with Gasteiger partial charge in [-0.15, -0.1) is 0 Å². The van der Waals surface area contributed by atoms with Gasteiger partial charge in [0.25, 0.3) is 0 Å². The summed E-state index contributed by atoms with van der Waals surface area (Å²) in [5.74, 6) is 0.462. The summed E-state index contributed by atoms with van der Waals surface area (Å²) < 4.78 is 10.4. The summed E-state index contributed by atoms with van der Waals surface area (Å²) in [6, 6.07) is -0.0971. The van der Waals surface area contributed by atoms with E-state index in [2.05, 4.69) is 18.7 Å². The molecular formula is C14H27NO3. The molecule has 1 rings (SSSR count). The van der Waals surface area contributed by atoms with E-state index in [-0.39, 0.29) is 18.1 Å². The Balaban J connectivity index is 2.64. The van der Waals surface area contributed by atoms with E-state index in [0.29, 0.717) is 5.92 Å². The van der Waals surface area contributed by atoms with Gasteiger partial charge in [0.15, 0.2) is 0 Å². The number of carbonyl (C=O) groups excluding carboxylic acids is 1. The fourth-order valence-electron chi connectivity index (χ4n) is 2.63. The minimum Gasteiger partial charge on any atom is -0.468 e. The van der Waals surface area contributed by atoms with Crippen LogP contribution in [-0.2, 0) is 14.3 Å². The van der Waals surface area contributed by atoms with Crippen molar-refractivity contribution in [1.29, 1.82) is 0 Å². The van der Waals surface area contributed by atoms with Crippen LogP contribution in [0, 0.1) is 5.92 Å². The van der Waals surface area contributed by atoms with Crippen LogP contribution in [0.5, 0.6) is 0 Å². The van der Waals surface area contributed by atoms with Crippen molar-refractivity contribution in [2.75, 3.05) is 27.3 Å². The zero-order valence-electron chi connectivity index (χ0n) is 12.1. The van der Waals surface area contributed by atoms with Gasteiger partial charge < -0.3 is 9.47 Å². The van der Waals surface area contributed by atoms with Crippen molar-refractivity contribution in [3.8, 4) is 0 Å². The summed E-state index contributed by atoms with van der Waals surface area (Å²) in [5.41, 5.74) is 0. The van der Waals surface area contributed by atoms with Gasteiger partial charge in [-0.3, -0.25) is 9.69 Å². The molecule has 1 aliphatic rings. The van der Waals surface area contributed by atoms with Crippen LogP contribution in [0.2, 0.25) is 0 Å². The molecule has 0 aliphatic carbocycles. The second-order valence-corrected chi connectivity index (χ2v) is 5.22. The highest BCUT2D eigenvalue weighted by Gasteiger charge is 2.33. The zero-order chi connectivity index (χ0) is 13.5. The first-order valence-electron chi connectivity index (χ1n) is 6.98. The number of unbranched alkanes of at least 4 members (excludes halogenated alkanes) is 1. The second-order valence-electron chi connectivity index (χ2n) is 5.22. The number of hydrogen-bond donors (Lipinski definition) is 0. The lowest BCUT2D eigenvalue weighted by Crippen LogP contribution is -2.51. The van der Waals surface area contributed by atoms with Gasteiger partial charge in [-0.05, 0) is 25.3 Å². The number of methoxy groups -OCH3 is 2. The quantitative estimate of drug-likeness (QED) is 0.683. The highest BCUT2D eigenvalue weighted by Crippen LogP contribution is 2.23. The summed E-state index contributed by atoms with van der Waals surface area (Å²) in [4.78, 5) is 14.1. The summed E-state index contributed by atoms with van der Waals surface area (Å²) in [6.07, 6.45) is 4.36. The minimum absolute atomic E-state index is 0.0971. The SMILES string of the molecule is CCCCC(C(=O)OC)N1CCC(C)C(OC)C1. The maximum atomic E-state index is 11.9. The van der Waals surface area contributed by atoms with Gasteiger partial charge in [0.05, 0.1) is 13.2 Å². The molecule has 0 spiro atoms. The molecule has 0 aromatic rings. The largest absolute Gasteiger partial charge is 0.468 e. The fraction of sp³-hybridized carbons (Fsp3) is 0.929. The van der Waals surface area contributed by atoms with Gasteiger partial charge in [-0.1, -0.05) is 26.7 Å². The molecule has 1 saturated heterocycles. The standard InChI is InChI=1S/C14H27NO3/c1-5-6-7-12(14(16)18-4)15-9-8-11(2)13(10-15)17-3/h11-13H,5-10H2,1-4H3. The van der Waals surface area contributed by atoms with Crippen LogP contribution >= 0.6 is 0 Å². The minimum atomic E-state index is -0.104. The molecule has 0 bridgehead atoms. The number of esters is 1. The summed E-state index contributed by atoms with van der Waals surface area (Å²) >= 11 is 0. The van der Waals surface area contributed by atoms with Gasteiger partial charge in [0.2, 0.25) is 0 Å². The van der Waals surface area contributed by atoms with E-state index in [1.807, 2.05) is 0 Å². The molecule has 0 radical (unpaired) electrons. The summed E-state index contributed by atoms with van der Waals surface area (Å²) in [5, 5.41) is 0. The van der Waals surface area contributed by atoms with Gasteiger partial charge in [0.1, 0.15) is 6.04 Å². The Morgan fingerprint density at radius 3 is 2.72 bits per heavy atom. The predicted molar refractivity (Wildman–Crippen MR) is 71.5 cm³/mol. The molecule has 18 heavy (non-hydrogen) atoms. The van der Waals surface area contributed by atoms with Crippen molar-refractivity contribution in [3.63, 3.8) is 0 Å². The Hall–Kier alpha value is -0.610. The lowest BCUT2D eigenvalue weighted by molar-refractivity contribution is -0.149. The number of piperidine rings is 1. The lowest BCUT2D eigenvalue weighted by atomic mass is 9.93. The average molecular weight is 257 g/mol. The molecule has 4 nitrogen and oxygen atoms in total. The van der Waals surface area contributed by atoms with E-state index < -0.39 is 0 Å². The summed E-state index contributed by atoms with van der Waals surface area (Å²) in [6.45, 7) is 6.15. The van der Waals surface area contributed by atoms with Gasteiger partial charge in [-0.2, -0.15) is 0 Å². The van der Waals surface area contributed by atoms with Crippen LogP contribution in [0.1, 0.15) is 39.5 Å². The van der Waals surface area contributed by atoms with Gasteiger partial charge in [-0.25, -0.2) is 0 Å². The molecule has 0 amide bonds. The second kappa shape index (κ2) is 7.74. The van der Waals surface area contributed by atoms with Crippen LogP contribution in [0.15, 0.2) is 0 Å². The van der Waals surface area contributed by atoms with E-state index in [0.717, 1.165) is 38.8 Å². The van der Waals surface area contributed by atoms with Crippen molar-refractivity contribution >= 4 is 5.97 Å². The number of ether oxygens (including phenoxy) is 2. The lowest BCUT2D eigenvalue weighted by Gasteiger charge is -2.39. The monoisotopic (exact) mass is 257 g/mol. The number of nitrogens with zero attached hydrogens (tertiary/aromatic N) is 1. The van der Waals surface area contributed by atoms with Crippen LogP contribution in [0.3, 0.4) is 0 Å². The Bertz CT molecular complexity index is 257. The molecule has 0 saturated carbocycles. The Labute approximate surface area is 111 Å². The molecule has 0 aromatic heterocycles. The number of likely N-dealkylation sites (tertiary alicyclic amines) is 1. The zero-order valence-corrected chi connectivity index (χ0v) is 12.1. The van der Waals surface area contributed by atoms with Crippen LogP contribution < -0.4 is 0 Å². The fourth-order valence-corrected chi connectivity index (χ4v) is 2.63. The maximum absolute atomic E-state index is 11.9. The van der Waals surface area contributed by atoms with Crippen LogP contribution in [0.4, 0.5) is 0 Å². The first-order chi connectivity index (χ1) is 8.63. The molecule has 3 atom stereocenters. The number of carbonyl (C=O) groups is 1. The van der Waals surface area contributed by atoms with Gasteiger partial charge >= 0.3 is 5.97 Å². The maximum Gasteiger partial charge on any atom is 0.323 e. The van der Waals surface area contributed by atoms with Crippen LogP contribution in [-0.4, -0.2) is 50.3 Å². The third-order valence-electron chi connectivity index (χ3n) is 3.97. The van der Waals surface area contributed by atoms with E-state index >= 15 is 0 Å². The highest BCUT2D eigenvalue weighted by atomic mass is 16.5. The topological polar surface area (TPSA) is 38.8 Å². The van der Waals surface area contributed by atoms with Gasteiger partial charge in [0, 0.05) is 13.7 Å². The molecule has 0 aromatic carbocycles. The van der Waals surface area contributed by atoms with Crippen molar-refractivity contribution < 1.29 is 14.3 Å². The van der Waals surface area contributed by atoms with Crippen molar-refractivity contribution in [2.24, 2.45) is 5.92 Å². The van der Waals surface area contributed by atoms with Crippen molar-refractivity contribution in [3.05, 3.63) is 0 Å². The summed E-state index contributed by atoms with van der Waals surface area (Å²) in [7, 11) is 3.23. The predicted octanol–water partition coefficient (Wildman–Crippen LogP) is 2.08. The van der Waals surface area contributed by atoms with Crippen molar-refractivity contribution in [2.45, 2.75) is 51.7 Å². The third kappa shape index (κ3) is 3.95. The Morgan fingerprint density at radius 2 is 2.17 bits per heavy atom. The molecule has 106 valence electrons. The molecule has 0 N–H and O–H groups in total. The first kappa shape index (κ1) is 15.4. The van der Waals surface area contributed by atoms with E-state index in [9.17, 15) is 4.79 Å². The molecular weight excluding hydrogens is 230 g/mol. The molecule has 1 heterocycles. The number of hydrogen-bond acceptors (Lipinski definition) is 4. The highest BCUT2D eigenvalue weighted by molar-refractivity contribution is 5.75. The van der Waals surface area contributed by atoms with E-state index in [4.69, 9.17) is 9.47 Å². The van der Waals surface area contributed by atoms with E-state index in [1.165, 1.54) is 7.11 Å². The normalized spacial score (nSPS) is 26.9. The first-order valence-corrected chi connectivity index (χ1v) is 6.98. The van der Waals surface area contributed by atoms with E-state index in [1.54, 1.807) is 7.11 Å². The van der Waals surface area contributed by atoms with Crippen LogP contribution in [0.25, 0.3) is 0 Å². The Kier molecular flexibility index (Phi) is 6.65. The molecule has 1 aliphatic heterocycles. The Morgan fingerprint density at radius 1 is 1.44 bits per heavy atom. The average Bonchev–Trinajstić information content (AvgIpc) is 2.40. The van der Waals surface area contributed by atoms with Crippen molar-refractivity contribution in [1.82, 2.24) is 4.90 Å². The molecule has 4 heteroatoms. The molecule has 3 unspecified atom stereocenters. The third-order valence-corrected chi connectivity index (χ3v) is 3.97. The number of rotatable bonds is 6. The smallest absolute Gasteiger partial charge is 0.323 e. The molecule has 1 fully saturated rings.